The summed E-state index contributed by atoms with van der Waals surface area (Å²) in [7, 11) is 0. The van der Waals surface area contributed by atoms with Crippen LogP contribution >= 0.6 is 11.6 Å². The fraction of sp³-hybridized carbons (Fsp3) is 0.273. The fourth-order valence-electron chi connectivity index (χ4n) is 3.81. The molecule has 1 aliphatic rings. The number of aryl methyl sites for hydroxylation is 1. The number of pyridine rings is 1. The van der Waals surface area contributed by atoms with Crippen LogP contribution in [0, 0.1) is 6.92 Å². The lowest BCUT2D eigenvalue weighted by molar-refractivity contribution is 0.422. The summed E-state index contributed by atoms with van der Waals surface area (Å²) in [5.74, 6) is 2.42. The first kappa shape index (κ1) is 18.8. The van der Waals surface area contributed by atoms with E-state index in [1.807, 2.05) is 49.6 Å². The smallest absolute Gasteiger partial charge is 0.227 e. The lowest BCUT2D eigenvalue weighted by Gasteiger charge is -2.20. The third-order valence-corrected chi connectivity index (χ3v) is 5.46. The molecule has 3 aromatic heterocycles. The van der Waals surface area contributed by atoms with E-state index >= 15 is 0 Å². The van der Waals surface area contributed by atoms with Crippen LogP contribution in [-0.4, -0.2) is 31.4 Å². The van der Waals surface area contributed by atoms with Crippen LogP contribution in [-0.2, 0) is 13.1 Å². The predicted octanol–water partition coefficient (Wildman–Crippen LogP) is 4.76. The number of nitrogens with zero attached hydrogens (tertiary/aromatic N) is 6. The molecule has 0 spiro atoms. The van der Waals surface area contributed by atoms with E-state index < -0.39 is 0 Å². The first-order chi connectivity index (χ1) is 14.7. The molecule has 0 saturated carbocycles. The van der Waals surface area contributed by atoms with Gasteiger partial charge in [-0.15, -0.1) is 10.2 Å². The molecule has 0 saturated heterocycles. The zero-order valence-electron chi connectivity index (χ0n) is 16.6. The Morgan fingerprint density at radius 3 is 2.80 bits per heavy atom. The summed E-state index contributed by atoms with van der Waals surface area (Å²) in [6.45, 7) is 4.41. The van der Waals surface area contributed by atoms with Gasteiger partial charge in [0.2, 0.25) is 5.95 Å². The molecule has 0 fully saturated rings. The van der Waals surface area contributed by atoms with Crippen LogP contribution in [0.1, 0.15) is 24.1 Å². The second-order valence-electron chi connectivity index (χ2n) is 7.55. The Hall–Kier alpha value is -3.19. The SMILES string of the molecule is Cc1cncc(-c2nnc3n2CCCCN3Cc2cc(-c3cccc(Cl)c3)on2)c1. The highest BCUT2D eigenvalue weighted by Crippen LogP contribution is 2.28. The molecular formula is C22H21ClN6O. The number of fused-ring (bicyclic) bond motifs is 1. The van der Waals surface area contributed by atoms with Crippen LogP contribution < -0.4 is 4.90 Å². The number of hydrogen-bond donors (Lipinski definition) is 0. The van der Waals surface area contributed by atoms with Crippen LogP contribution in [0.25, 0.3) is 22.7 Å². The van der Waals surface area contributed by atoms with Crippen molar-refractivity contribution in [2.45, 2.75) is 32.9 Å². The van der Waals surface area contributed by atoms with Gasteiger partial charge in [0.1, 0.15) is 5.69 Å². The lowest BCUT2D eigenvalue weighted by Crippen LogP contribution is -2.25. The number of anilines is 1. The maximum Gasteiger partial charge on any atom is 0.227 e. The van der Waals surface area contributed by atoms with Crippen molar-refractivity contribution < 1.29 is 4.52 Å². The Bertz CT molecular complexity index is 1180. The monoisotopic (exact) mass is 420 g/mol. The minimum Gasteiger partial charge on any atom is -0.356 e. The standard InChI is InChI=1S/C22H21ClN6O/c1-15-9-17(13-24-12-15)21-25-26-22-28(7-2-3-8-29(21)22)14-19-11-20(30-27-19)16-5-4-6-18(23)10-16/h4-6,9-13H,2-3,7-8,14H2,1H3. The van der Waals surface area contributed by atoms with Gasteiger partial charge in [-0.2, -0.15) is 0 Å². The van der Waals surface area contributed by atoms with E-state index in [1.165, 1.54) is 0 Å². The highest BCUT2D eigenvalue weighted by Gasteiger charge is 2.23. The van der Waals surface area contributed by atoms with Crippen LogP contribution in [0.15, 0.2) is 53.3 Å². The van der Waals surface area contributed by atoms with E-state index in [2.05, 4.69) is 35.9 Å². The Kier molecular flexibility index (Phi) is 4.96. The van der Waals surface area contributed by atoms with Gasteiger partial charge < -0.3 is 9.42 Å². The Labute approximate surface area is 179 Å². The summed E-state index contributed by atoms with van der Waals surface area (Å²) in [5, 5.41) is 13.9. The molecular weight excluding hydrogens is 400 g/mol. The van der Waals surface area contributed by atoms with Crippen molar-refractivity contribution in [2.24, 2.45) is 0 Å². The molecule has 8 heteroatoms. The largest absolute Gasteiger partial charge is 0.356 e. The van der Waals surface area contributed by atoms with Crippen LogP contribution in [0.2, 0.25) is 5.02 Å². The van der Waals surface area contributed by atoms with Crippen LogP contribution in [0.4, 0.5) is 5.95 Å². The van der Waals surface area contributed by atoms with Crippen molar-refractivity contribution in [3.8, 4) is 22.7 Å². The Morgan fingerprint density at radius 1 is 1.03 bits per heavy atom. The predicted molar refractivity (Wildman–Crippen MR) is 115 cm³/mol. The number of benzene rings is 1. The van der Waals surface area contributed by atoms with Gasteiger partial charge in [-0.1, -0.05) is 28.9 Å². The molecule has 5 rings (SSSR count). The quantitative estimate of drug-likeness (QED) is 0.474. The highest BCUT2D eigenvalue weighted by molar-refractivity contribution is 6.30. The van der Waals surface area contributed by atoms with Gasteiger partial charge in [0.05, 0.1) is 6.54 Å². The van der Waals surface area contributed by atoms with E-state index in [4.69, 9.17) is 16.1 Å². The van der Waals surface area contributed by atoms with Crippen molar-refractivity contribution in [2.75, 3.05) is 11.4 Å². The summed E-state index contributed by atoms with van der Waals surface area (Å²) < 4.78 is 7.75. The summed E-state index contributed by atoms with van der Waals surface area (Å²) in [4.78, 5) is 6.53. The van der Waals surface area contributed by atoms with Crippen molar-refractivity contribution in [3.05, 3.63) is 65.1 Å². The Balaban J connectivity index is 1.43. The van der Waals surface area contributed by atoms with Crippen molar-refractivity contribution in [1.82, 2.24) is 24.9 Å². The molecule has 0 N–H and O–H groups in total. The van der Waals surface area contributed by atoms with E-state index in [-0.39, 0.29) is 0 Å². The van der Waals surface area contributed by atoms with Crippen molar-refractivity contribution >= 4 is 17.5 Å². The summed E-state index contributed by atoms with van der Waals surface area (Å²) in [6, 6.07) is 11.6. The zero-order valence-corrected chi connectivity index (χ0v) is 17.4. The fourth-order valence-corrected chi connectivity index (χ4v) is 4.00. The first-order valence-corrected chi connectivity index (χ1v) is 10.4. The lowest BCUT2D eigenvalue weighted by atomic mass is 10.1. The van der Waals surface area contributed by atoms with Crippen LogP contribution in [0.3, 0.4) is 0 Å². The third-order valence-electron chi connectivity index (χ3n) is 5.23. The molecule has 0 aliphatic carbocycles. The molecule has 4 heterocycles. The molecule has 0 bridgehead atoms. The Morgan fingerprint density at radius 2 is 1.93 bits per heavy atom. The summed E-state index contributed by atoms with van der Waals surface area (Å²) in [6.07, 6.45) is 5.83. The number of hydrogen-bond acceptors (Lipinski definition) is 6. The van der Waals surface area contributed by atoms with E-state index in [9.17, 15) is 0 Å². The van der Waals surface area contributed by atoms with Gasteiger partial charge in [-0.25, -0.2) is 0 Å². The molecule has 0 amide bonds. The van der Waals surface area contributed by atoms with E-state index in [0.717, 1.165) is 60.1 Å². The topological polar surface area (TPSA) is 72.9 Å². The maximum absolute atomic E-state index is 6.10. The highest BCUT2D eigenvalue weighted by atomic mass is 35.5. The van der Waals surface area contributed by atoms with Gasteiger partial charge >= 0.3 is 0 Å². The second-order valence-corrected chi connectivity index (χ2v) is 7.98. The van der Waals surface area contributed by atoms with Gasteiger partial charge in [0, 0.05) is 47.7 Å². The minimum absolute atomic E-state index is 0.605. The molecule has 0 unspecified atom stereocenters. The molecule has 0 atom stereocenters. The second kappa shape index (κ2) is 7.91. The first-order valence-electron chi connectivity index (χ1n) is 9.99. The summed E-state index contributed by atoms with van der Waals surface area (Å²) in [5.41, 5.74) is 3.85. The zero-order chi connectivity index (χ0) is 20.5. The average Bonchev–Trinajstić information content (AvgIpc) is 3.33. The van der Waals surface area contributed by atoms with Crippen LogP contribution in [0.5, 0.6) is 0 Å². The summed E-state index contributed by atoms with van der Waals surface area (Å²) >= 11 is 6.10. The van der Waals surface area contributed by atoms with Gasteiger partial charge in [0.15, 0.2) is 11.6 Å². The number of aromatic nitrogens is 5. The third kappa shape index (κ3) is 3.68. The molecule has 30 heavy (non-hydrogen) atoms. The molecule has 152 valence electrons. The van der Waals surface area contributed by atoms with Gasteiger partial charge in [-0.3, -0.25) is 9.55 Å². The molecule has 4 aromatic rings. The van der Waals surface area contributed by atoms with Crippen molar-refractivity contribution in [1.29, 1.82) is 0 Å². The van der Waals surface area contributed by atoms with Gasteiger partial charge in [-0.05, 0) is 43.5 Å². The molecule has 7 nitrogen and oxygen atoms in total. The van der Waals surface area contributed by atoms with Gasteiger partial charge in [0.25, 0.3) is 0 Å². The number of halogens is 1. The number of rotatable bonds is 4. The van der Waals surface area contributed by atoms with E-state index in [1.54, 1.807) is 0 Å². The molecule has 1 aliphatic heterocycles. The van der Waals surface area contributed by atoms with E-state index in [0.29, 0.717) is 17.3 Å². The maximum atomic E-state index is 6.10. The normalized spacial score (nSPS) is 13.9. The average molecular weight is 421 g/mol. The molecule has 1 aromatic carbocycles. The minimum atomic E-state index is 0.605. The van der Waals surface area contributed by atoms with Crippen molar-refractivity contribution in [3.63, 3.8) is 0 Å². The molecule has 0 radical (unpaired) electrons.